The molecule has 0 aliphatic carbocycles. The molecule has 1 aliphatic rings. The number of nitrogens with zero attached hydrogens (tertiary/aromatic N) is 7. The van der Waals surface area contributed by atoms with E-state index in [9.17, 15) is 25.1 Å². The lowest BCUT2D eigenvalue weighted by atomic mass is 10.1. The Kier molecular flexibility index (Phi) is 8.48. The Bertz CT molecular complexity index is 1740. The fourth-order valence-corrected chi connectivity index (χ4v) is 6.12. The maximum absolute atomic E-state index is 14.2. The van der Waals surface area contributed by atoms with E-state index in [0.29, 0.717) is 5.39 Å². The lowest BCUT2D eigenvalue weighted by molar-refractivity contribution is -0.144. The van der Waals surface area contributed by atoms with Crippen molar-refractivity contribution in [3.05, 3.63) is 65.6 Å². The summed E-state index contributed by atoms with van der Waals surface area (Å²) in [5.74, 6) is -0.524. The zero-order valence-corrected chi connectivity index (χ0v) is 23.8. The number of azide groups is 1. The topological polar surface area (TPSA) is 242 Å². The minimum atomic E-state index is -4.53. The van der Waals surface area contributed by atoms with Crippen LogP contribution in [0.2, 0.25) is 0 Å². The van der Waals surface area contributed by atoms with E-state index in [-0.39, 0.29) is 29.3 Å². The van der Waals surface area contributed by atoms with E-state index in [1.807, 2.05) is 18.2 Å². The van der Waals surface area contributed by atoms with E-state index in [1.165, 1.54) is 24.1 Å². The van der Waals surface area contributed by atoms with Crippen LogP contribution in [0.15, 0.2) is 60.2 Å². The van der Waals surface area contributed by atoms with Crippen LogP contribution in [0.3, 0.4) is 0 Å². The second kappa shape index (κ2) is 12.1. The molecule has 1 saturated heterocycles. The fraction of sp³-hybridized carbons (Fsp3) is 0.360. The second-order valence-corrected chi connectivity index (χ2v) is 11.2. The minimum Gasteiger partial charge on any atom is -0.465 e. The van der Waals surface area contributed by atoms with Gasteiger partial charge >= 0.3 is 13.7 Å². The van der Waals surface area contributed by atoms with Crippen LogP contribution in [0.1, 0.15) is 20.1 Å². The summed E-state index contributed by atoms with van der Waals surface area (Å²) in [6.07, 6.45) is -2.56. The lowest BCUT2D eigenvalue weighted by Crippen LogP contribution is -2.45. The third-order valence-corrected chi connectivity index (χ3v) is 8.29. The number of imidazole rings is 1. The number of aromatic nitrogens is 4. The zero-order chi connectivity index (χ0) is 30.8. The maximum atomic E-state index is 14.2. The van der Waals surface area contributed by atoms with Gasteiger partial charge in [-0.05, 0) is 30.8 Å². The molecule has 5 rings (SSSR count). The normalized spacial score (nSPS) is 23.9. The van der Waals surface area contributed by atoms with Crippen LogP contribution < -0.4 is 15.3 Å². The van der Waals surface area contributed by atoms with E-state index in [4.69, 9.17) is 24.3 Å². The van der Waals surface area contributed by atoms with Crippen molar-refractivity contribution in [2.75, 3.05) is 18.9 Å². The fourth-order valence-electron chi connectivity index (χ4n) is 4.58. The highest BCUT2D eigenvalue weighted by atomic mass is 31.2. The monoisotopic (exact) mass is 613 g/mol. The quantitative estimate of drug-likeness (QED) is 0.0625. The van der Waals surface area contributed by atoms with E-state index in [2.05, 4.69) is 30.1 Å². The Hall–Kier alpha value is -4.34. The molecule has 0 amide bonds. The molecule has 17 nitrogen and oxygen atoms in total. The molecule has 5 N–H and O–H groups in total. The standard InChI is InChI=1S/C25H28N9O8P/c1-3-39-24(37)14(2)31-43(38,42-17-10-6-8-15-7-4-5-9-16(15)17)40-11-25(32-33-27)20(36)19(35)23(41-25)34-13-30-18-21(26)28-12-29-22(18)34/h4-10,12-14,19-20,23,35-36H,3,11H2,1-2H3,(H,31,38)(H2,26,28,29)/t14-,19+,20-,23+,25?,43?/m0/s1. The first-order valence-corrected chi connectivity index (χ1v) is 14.5. The molecule has 2 aromatic carbocycles. The largest absolute Gasteiger partial charge is 0.465 e. The molecule has 1 aliphatic heterocycles. The Morgan fingerprint density at radius 3 is 2.81 bits per heavy atom. The molecule has 0 saturated carbocycles. The molecule has 6 atom stereocenters. The predicted molar refractivity (Wildman–Crippen MR) is 151 cm³/mol. The number of anilines is 1. The summed E-state index contributed by atoms with van der Waals surface area (Å²) in [6.45, 7) is 2.18. The van der Waals surface area contributed by atoms with Crippen molar-refractivity contribution >= 4 is 41.5 Å². The molecule has 226 valence electrons. The average molecular weight is 614 g/mol. The number of carbonyl (C=O) groups excluding carboxylic acids is 1. The molecule has 3 heterocycles. The number of esters is 1. The summed E-state index contributed by atoms with van der Waals surface area (Å²) in [7, 11) is -4.53. The van der Waals surface area contributed by atoms with Crippen molar-refractivity contribution < 1.29 is 38.1 Å². The lowest BCUT2D eigenvalue weighted by Gasteiger charge is -2.29. The molecule has 0 spiro atoms. The number of aliphatic hydroxyl groups is 2. The van der Waals surface area contributed by atoms with Crippen molar-refractivity contribution in [3.63, 3.8) is 0 Å². The summed E-state index contributed by atoms with van der Waals surface area (Å²) < 4.78 is 37.9. The third-order valence-electron chi connectivity index (χ3n) is 6.68. The van der Waals surface area contributed by atoms with Crippen LogP contribution in [0.25, 0.3) is 32.4 Å². The highest BCUT2D eigenvalue weighted by Crippen LogP contribution is 2.49. The van der Waals surface area contributed by atoms with Crippen LogP contribution in [0.4, 0.5) is 5.82 Å². The summed E-state index contributed by atoms with van der Waals surface area (Å²) in [5.41, 5.74) is 13.3. The number of fused-ring (bicyclic) bond motifs is 2. The summed E-state index contributed by atoms with van der Waals surface area (Å²) in [6, 6.07) is 11.0. The number of hydrogen-bond acceptors (Lipinski definition) is 13. The predicted octanol–water partition coefficient (Wildman–Crippen LogP) is 2.56. The van der Waals surface area contributed by atoms with Gasteiger partial charge in [-0.2, -0.15) is 5.09 Å². The van der Waals surface area contributed by atoms with Gasteiger partial charge in [0.1, 0.15) is 35.8 Å². The van der Waals surface area contributed by atoms with Gasteiger partial charge in [-0.25, -0.2) is 19.5 Å². The highest BCUT2D eigenvalue weighted by molar-refractivity contribution is 7.52. The number of nitrogens with two attached hydrogens (primary N) is 1. The van der Waals surface area contributed by atoms with Crippen LogP contribution in [0, 0.1) is 0 Å². The molecular formula is C25H28N9O8P. The molecule has 18 heteroatoms. The molecule has 2 aromatic heterocycles. The minimum absolute atomic E-state index is 0.0646. The van der Waals surface area contributed by atoms with Crippen LogP contribution in [0.5, 0.6) is 5.75 Å². The molecule has 43 heavy (non-hydrogen) atoms. The Morgan fingerprint density at radius 1 is 1.28 bits per heavy atom. The van der Waals surface area contributed by atoms with Crippen molar-refractivity contribution in [3.8, 4) is 5.75 Å². The van der Waals surface area contributed by atoms with Crippen LogP contribution in [-0.4, -0.2) is 72.9 Å². The van der Waals surface area contributed by atoms with Gasteiger partial charge in [0.15, 0.2) is 17.7 Å². The van der Waals surface area contributed by atoms with E-state index >= 15 is 0 Å². The number of benzene rings is 2. The molecule has 4 aromatic rings. The van der Waals surface area contributed by atoms with Crippen LogP contribution >= 0.6 is 7.75 Å². The number of rotatable bonds is 11. The number of nitrogens with one attached hydrogen (secondary N) is 1. The summed E-state index contributed by atoms with van der Waals surface area (Å²) in [5, 5.41) is 29.5. The first kappa shape index (κ1) is 30.1. The first-order valence-electron chi connectivity index (χ1n) is 13.0. The number of carbonyl (C=O) groups is 1. The smallest absolute Gasteiger partial charge is 0.459 e. The number of nitrogen functional groups attached to an aromatic ring is 1. The Morgan fingerprint density at radius 2 is 2.05 bits per heavy atom. The van der Waals surface area contributed by atoms with E-state index in [1.54, 1.807) is 31.2 Å². The Labute approximate surface area is 243 Å². The number of ether oxygens (including phenoxy) is 2. The molecule has 0 bridgehead atoms. The van der Waals surface area contributed by atoms with Gasteiger partial charge in [-0.1, -0.05) is 41.5 Å². The SMILES string of the molecule is CCOC(=O)[C@H](C)NP(=O)(OCC1(N=[N+]=[N-])O[C@@H](n2cnc3c(N)ncnc32)[C@H](O)[C@@H]1O)Oc1cccc2ccccc12. The zero-order valence-electron chi connectivity index (χ0n) is 22.9. The average Bonchev–Trinajstić information content (AvgIpc) is 3.53. The second-order valence-electron chi connectivity index (χ2n) is 9.50. The van der Waals surface area contributed by atoms with Gasteiger partial charge in [0.25, 0.3) is 0 Å². The number of aliphatic hydroxyl groups excluding tert-OH is 2. The van der Waals surface area contributed by atoms with Crippen LogP contribution in [-0.2, 0) is 23.4 Å². The van der Waals surface area contributed by atoms with Gasteiger partial charge in [0.05, 0.1) is 19.5 Å². The highest BCUT2D eigenvalue weighted by Gasteiger charge is 2.56. The molecule has 1 fully saturated rings. The maximum Gasteiger partial charge on any atom is 0.459 e. The van der Waals surface area contributed by atoms with Gasteiger partial charge in [0, 0.05) is 10.3 Å². The van der Waals surface area contributed by atoms with E-state index < -0.39 is 50.5 Å². The molecular weight excluding hydrogens is 585 g/mol. The van der Waals surface area contributed by atoms with Gasteiger partial charge < -0.3 is 29.9 Å². The third kappa shape index (κ3) is 5.83. The van der Waals surface area contributed by atoms with Gasteiger partial charge in [0.2, 0.25) is 5.72 Å². The van der Waals surface area contributed by atoms with Crippen molar-refractivity contribution in [2.45, 2.75) is 44.1 Å². The van der Waals surface area contributed by atoms with E-state index in [0.717, 1.165) is 5.39 Å². The van der Waals surface area contributed by atoms with Crippen molar-refractivity contribution in [1.29, 1.82) is 0 Å². The Balaban J connectivity index is 1.47. The van der Waals surface area contributed by atoms with Gasteiger partial charge in [-0.15, -0.1) is 0 Å². The summed E-state index contributed by atoms with van der Waals surface area (Å²) in [4.78, 5) is 27.3. The number of hydrogen-bond donors (Lipinski definition) is 4. The van der Waals surface area contributed by atoms with Gasteiger partial charge in [-0.3, -0.25) is 13.9 Å². The summed E-state index contributed by atoms with van der Waals surface area (Å²) >= 11 is 0. The molecule has 0 radical (unpaired) electrons. The molecule has 2 unspecified atom stereocenters. The van der Waals surface area contributed by atoms with Crippen molar-refractivity contribution in [2.24, 2.45) is 5.11 Å². The van der Waals surface area contributed by atoms with Crippen molar-refractivity contribution in [1.82, 2.24) is 24.6 Å². The first-order chi connectivity index (χ1) is 20.6.